The third-order valence-corrected chi connectivity index (χ3v) is 2.26. The average molecular weight is 230 g/mol. The molecular weight excluding hydrogens is 206 g/mol. The molecular formula is C13H24ClN. The maximum atomic E-state index is 5.49. The van der Waals surface area contributed by atoms with Crippen LogP contribution in [-0.2, 0) is 0 Å². The highest BCUT2D eigenvalue weighted by Crippen LogP contribution is 2.28. The van der Waals surface area contributed by atoms with E-state index in [1.165, 1.54) is 11.1 Å². The van der Waals surface area contributed by atoms with Crippen LogP contribution in [0.2, 0.25) is 0 Å². The quantitative estimate of drug-likeness (QED) is 0.560. The van der Waals surface area contributed by atoms with Gasteiger partial charge in [0, 0.05) is 6.54 Å². The third kappa shape index (κ3) is 6.75. The Morgan fingerprint density at radius 3 is 2.20 bits per heavy atom. The van der Waals surface area contributed by atoms with Crippen LogP contribution in [0.15, 0.2) is 23.3 Å². The summed E-state index contributed by atoms with van der Waals surface area (Å²) in [7, 11) is 0. The molecule has 0 aliphatic carbocycles. The van der Waals surface area contributed by atoms with Crippen LogP contribution >= 0.6 is 11.8 Å². The number of rotatable bonds is 4. The average Bonchev–Trinajstić information content (AvgIpc) is 2.00. The number of hydrogen-bond acceptors (Lipinski definition) is 1. The molecule has 0 fully saturated rings. The van der Waals surface area contributed by atoms with Gasteiger partial charge in [-0.1, -0.05) is 52.3 Å². The summed E-state index contributed by atoms with van der Waals surface area (Å²) in [6.45, 7) is 13.9. The number of allylic oxidation sites excluding steroid dienone is 3. The van der Waals surface area contributed by atoms with Gasteiger partial charge in [0.25, 0.3) is 0 Å². The van der Waals surface area contributed by atoms with Crippen molar-refractivity contribution in [3.05, 3.63) is 23.3 Å². The molecule has 1 N–H and O–H groups in total. The standard InChI is InChI=1S/C13H24ClN/c1-10(2)7-12(13(4,5)6)8-11(3)9-15-14/h7-8,10,15H,9H2,1-6H3/b11-8+,12-7+. The van der Waals surface area contributed by atoms with Crippen molar-refractivity contribution in [2.24, 2.45) is 11.3 Å². The Labute approximate surface area is 99.7 Å². The molecule has 0 aliphatic rings. The molecule has 0 aromatic rings. The molecule has 0 spiro atoms. The zero-order valence-corrected chi connectivity index (χ0v) is 11.6. The summed E-state index contributed by atoms with van der Waals surface area (Å²) in [6, 6.07) is 0. The lowest BCUT2D eigenvalue weighted by molar-refractivity contribution is 0.510. The first-order chi connectivity index (χ1) is 6.77. The van der Waals surface area contributed by atoms with Crippen LogP contribution in [0, 0.1) is 11.3 Å². The maximum absolute atomic E-state index is 5.49. The van der Waals surface area contributed by atoms with Crippen LogP contribution in [0.4, 0.5) is 0 Å². The van der Waals surface area contributed by atoms with Crippen molar-refractivity contribution in [2.75, 3.05) is 6.54 Å². The molecule has 0 rings (SSSR count). The first-order valence-electron chi connectivity index (χ1n) is 5.50. The predicted octanol–water partition coefficient (Wildman–Crippen LogP) is 4.30. The van der Waals surface area contributed by atoms with Gasteiger partial charge in [0.2, 0.25) is 0 Å². The van der Waals surface area contributed by atoms with E-state index in [1.54, 1.807) is 0 Å². The van der Waals surface area contributed by atoms with Crippen LogP contribution in [0.3, 0.4) is 0 Å². The number of hydrogen-bond donors (Lipinski definition) is 1. The van der Waals surface area contributed by atoms with Gasteiger partial charge in [0.15, 0.2) is 0 Å². The zero-order chi connectivity index (χ0) is 12.1. The Bertz CT molecular complexity index is 244. The molecule has 0 amide bonds. The molecule has 0 saturated heterocycles. The van der Waals surface area contributed by atoms with Gasteiger partial charge in [-0.05, 0) is 35.6 Å². The monoisotopic (exact) mass is 229 g/mol. The Hall–Kier alpha value is -0.270. The normalized spacial score (nSPS) is 14.9. The smallest absolute Gasteiger partial charge is 0.0318 e. The summed E-state index contributed by atoms with van der Waals surface area (Å²) in [5.41, 5.74) is 2.83. The number of nitrogens with one attached hydrogen (secondary N) is 1. The fraction of sp³-hybridized carbons (Fsp3) is 0.692. The summed E-state index contributed by atoms with van der Waals surface area (Å²) in [5.74, 6) is 0.576. The lowest BCUT2D eigenvalue weighted by Gasteiger charge is -2.22. The fourth-order valence-corrected chi connectivity index (χ4v) is 1.51. The van der Waals surface area contributed by atoms with Crippen molar-refractivity contribution in [1.29, 1.82) is 0 Å². The van der Waals surface area contributed by atoms with E-state index in [1.807, 2.05) is 0 Å². The van der Waals surface area contributed by atoms with Crippen molar-refractivity contribution in [2.45, 2.75) is 41.5 Å². The first-order valence-corrected chi connectivity index (χ1v) is 5.88. The highest BCUT2D eigenvalue weighted by atomic mass is 35.5. The van der Waals surface area contributed by atoms with E-state index in [0.29, 0.717) is 5.92 Å². The van der Waals surface area contributed by atoms with Crippen LogP contribution in [0.5, 0.6) is 0 Å². The van der Waals surface area contributed by atoms with E-state index in [0.717, 1.165) is 6.54 Å². The van der Waals surface area contributed by atoms with Crippen LogP contribution in [0.1, 0.15) is 41.5 Å². The summed E-state index contributed by atoms with van der Waals surface area (Å²) >= 11 is 5.49. The molecule has 0 aliphatic heterocycles. The minimum atomic E-state index is 0.192. The van der Waals surface area contributed by atoms with Crippen molar-refractivity contribution in [3.8, 4) is 0 Å². The maximum Gasteiger partial charge on any atom is 0.0318 e. The SMILES string of the molecule is C/C(=C\C(=C/C(C)C)C(C)(C)C)CNCl. The largest absolute Gasteiger partial charge is 0.229 e. The Morgan fingerprint density at radius 1 is 1.33 bits per heavy atom. The molecule has 88 valence electrons. The Balaban J connectivity index is 4.90. The van der Waals surface area contributed by atoms with Crippen LogP contribution < -0.4 is 4.84 Å². The lowest BCUT2D eigenvalue weighted by Crippen LogP contribution is -2.11. The van der Waals surface area contributed by atoms with Crippen LogP contribution in [0.25, 0.3) is 0 Å². The molecule has 0 radical (unpaired) electrons. The lowest BCUT2D eigenvalue weighted by atomic mass is 9.83. The van der Waals surface area contributed by atoms with Gasteiger partial charge in [-0.15, -0.1) is 0 Å². The summed E-state index contributed by atoms with van der Waals surface area (Å²) in [5, 5.41) is 0. The molecule has 0 saturated carbocycles. The van der Waals surface area contributed by atoms with E-state index in [2.05, 4.69) is 58.5 Å². The topological polar surface area (TPSA) is 12.0 Å². The van der Waals surface area contributed by atoms with Gasteiger partial charge in [0.05, 0.1) is 0 Å². The summed E-state index contributed by atoms with van der Waals surface area (Å²) in [4.78, 5) is 2.65. The van der Waals surface area contributed by atoms with E-state index in [-0.39, 0.29) is 5.41 Å². The molecule has 0 bridgehead atoms. The fourth-order valence-electron chi connectivity index (χ4n) is 1.30. The highest BCUT2D eigenvalue weighted by molar-refractivity contribution is 6.13. The summed E-state index contributed by atoms with van der Waals surface area (Å²) < 4.78 is 0. The van der Waals surface area contributed by atoms with Crippen molar-refractivity contribution in [3.63, 3.8) is 0 Å². The molecule has 0 aromatic heterocycles. The van der Waals surface area contributed by atoms with Gasteiger partial charge >= 0.3 is 0 Å². The highest BCUT2D eigenvalue weighted by Gasteiger charge is 2.15. The molecule has 15 heavy (non-hydrogen) atoms. The van der Waals surface area contributed by atoms with E-state index in [4.69, 9.17) is 11.8 Å². The molecule has 0 unspecified atom stereocenters. The zero-order valence-electron chi connectivity index (χ0n) is 10.8. The minimum Gasteiger partial charge on any atom is -0.229 e. The molecule has 0 aromatic carbocycles. The Kier molecular flexibility index (Phi) is 6.23. The second-order valence-electron chi connectivity index (χ2n) is 5.42. The predicted molar refractivity (Wildman–Crippen MR) is 70.0 cm³/mol. The van der Waals surface area contributed by atoms with Crippen LogP contribution in [-0.4, -0.2) is 6.54 Å². The van der Waals surface area contributed by atoms with Gasteiger partial charge in [-0.25, -0.2) is 4.84 Å². The van der Waals surface area contributed by atoms with Crippen molar-refractivity contribution in [1.82, 2.24) is 4.84 Å². The third-order valence-electron chi connectivity index (χ3n) is 2.13. The van der Waals surface area contributed by atoms with Gasteiger partial charge in [-0.3, -0.25) is 0 Å². The molecule has 0 heterocycles. The van der Waals surface area contributed by atoms with E-state index in [9.17, 15) is 0 Å². The second kappa shape index (κ2) is 6.34. The molecule has 2 heteroatoms. The minimum absolute atomic E-state index is 0.192. The number of halogens is 1. The second-order valence-corrected chi connectivity index (χ2v) is 5.68. The van der Waals surface area contributed by atoms with Gasteiger partial charge < -0.3 is 0 Å². The van der Waals surface area contributed by atoms with E-state index >= 15 is 0 Å². The van der Waals surface area contributed by atoms with E-state index < -0.39 is 0 Å². The molecule has 0 atom stereocenters. The van der Waals surface area contributed by atoms with Crippen molar-refractivity contribution >= 4 is 11.8 Å². The first kappa shape index (κ1) is 14.7. The molecule has 1 nitrogen and oxygen atoms in total. The summed E-state index contributed by atoms with van der Waals surface area (Å²) in [6.07, 6.45) is 4.55. The van der Waals surface area contributed by atoms with Crippen molar-refractivity contribution < 1.29 is 0 Å². The van der Waals surface area contributed by atoms with Gasteiger partial charge in [-0.2, -0.15) is 0 Å². The Morgan fingerprint density at radius 2 is 1.87 bits per heavy atom. The van der Waals surface area contributed by atoms with Gasteiger partial charge in [0.1, 0.15) is 0 Å².